The number of ether oxygens (including phenoxy) is 1. The van der Waals surface area contributed by atoms with Crippen LogP contribution in [0.4, 0.5) is 5.82 Å². The predicted octanol–water partition coefficient (Wildman–Crippen LogP) is -1.02. The average molecular weight is 530 g/mol. The van der Waals surface area contributed by atoms with Crippen molar-refractivity contribution in [1.82, 2.24) is 14.5 Å². The minimum Gasteiger partial charge on any atom is -0.386 e. The fourth-order valence-electron chi connectivity index (χ4n) is 2.99. The highest BCUT2D eigenvalue weighted by atomic mass is 31.3. The fourth-order valence-corrected chi connectivity index (χ4v) is 6.02. The van der Waals surface area contributed by atoms with Crippen LogP contribution in [0.3, 0.4) is 0 Å². The SMILES string of the molecule is C#C[C@@]1(O)C(O)[C@@H](COP(=O)(O)OP(=O)(O)OP(=O)(O)O)O[C@H]1n1ccc2c(N)ncnc21. The zero-order valence-corrected chi connectivity index (χ0v) is 18.7. The van der Waals surface area contributed by atoms with Gasteiger partial charge in [0.15, 0.2) is 11.8 Å². The fraction of sp³-hybridized carbons (Fsp3) is 0.385. The molecule has 0 amide bonds. The first-order valence-electron chi connectivity index (χ1n) is 8.47. The molecule has 3 heterocycles. The molecular weight excluding hydrogens is 513 g/mol. The lowest BCUT2D eigenvalue weighted by Crippen LogP contribution is -2.45. The third-order valence-corrected chi connectivity index (χ3v) is 8.13. The Bertz CT molecular complexity index is 1240. The summed E-state index contributed by atoms with van der Waals surface area (Å²) in [7, 11) is -16.8. The maximum absolute atomic E-state index is 11.9. The molecule has 0 aromatic carbocycles. The standard InChI is InChI=1S/C13H17N4O13P3/c1-2-13(19)9(18)8(5-27-32(23,24)30-33(25,26)29-31(20,21)22)28-12(13)17-4-3-7-10(14)15-6-16-11(7)17/h1,3-4,6,8-9,12,18-19H,5H2,(H,23,24)(H,25,26)(H2,14,15,16)(H2,20,21,22)/t8-,9?,12-,13-/m1/s1. The number of nitrogen functional groups attached to an aromatic ring is 1. The summed E-state index contributed by atoms with van der Waals surface area (Å²) >= 11 is 0. The Balaban J connectivity index is 1.79. The van der Waals surface area contributed by atoms with E-state index >= 15 is 0 Å². The van der Waals surface area contributed by atoms with Crippen LogP contribution < -0.4 is 5.73 Å². The molecule has 1 saturated heterocycles. The first-order chi connectivity index (χ1) is 15.1. The number of rotatable bonds is 8. The molecule has 20 heteroatoms. The van der Waals surface area contributed by atoms with Crippen molar-refractivity contribution in [3.05, 3.63) is 18.6 Å². The lowest BCUT2D eigenvalue weighted by Gasteiger charge is -2.26. The van der Waals surface area contributed by atoms with Gasteiger partial charge in [0.2, 0.25) is 0 Å². The van der Waals surface area contributed by atoms with Crippen LogP contribution in [0, 0.1) is 12.3 Å². The number of hydrogen-bond acceptors (Lipinski definition) is 12. The summed E-state index contributed by atoms with van der Waals surface area (Å²) in [6.07, 6.45) is 2.86. The Morgan fingerprint density at radius 1 is 1.21 bits per heavy atom. The van der Waals surface area contributed by atoms with Crippen LogP contribution in [0.1, 0.15) is 6.23 Å². The number of phosphoric ester groups is 1. The Morgan fingerprint density at radius 3 is 2.48 bits per heavy atom. The first-order valence-corrected chi connectivity index (χ1v) is 13.0. The number of hydrogen-bond donors (Lipinski definition) is 7. The van der Waals surface area contributed by atoms with E-state index in [0.29, 0.717) is 5.39 Å². The summed E-state index contributed by atoms with van der Waals surface area (Å²) in [6.45, 7) is -1.04. The van der Waals surface area contributed by atoms with Crippen molar-refractivity contribution in [2.45, 2.75) is 24.0 Å². The summed E-state index contributed by atoms with van der Waals surface area (Å²) in [4.78, 5) is 43.6. The van der Waals surface area contributed by atoms with E-state index in [1.165, 1.54) is 16.8 Å². The van der Waals surface area contributed by atoms with Crippen molar-refractivity contribution >= 4 is 40.3 Å². The minimum absolute atomic E-state index is 0.103. The molecule has 0 radical (unpaired) electrons. The topological polar surface area (TPSA) is 266 Å². The third-order valence-electron chi connectivity index (χ3n) is 4.33. The second kappa shape index (κ2) is 8.81. The van der Waals surface area contributed by atoms with Crippen molar-refractivity contribution < 1.29 is 61.4 Å². The van der Waals surface area contributed by atoms with Crippen LogP contribution in [0.25, 0.3) is 11.0 Å². The van der Waals surface area contributed by atoms with Gasteiger partial charge in [0.05, 0.1) is 12.0 Å². The van der Waals surface area contributed by atoms with Gasteiger partial charge in [0, 0.05) is 6.20 Å². The average Bonchev–Trinajstić information content (AvgIpc) is 3.18. The van der Waals surface area contributed by atoms with E-state index in [0.717, 1.165) is 6.33 Å². The molecule has 33 heavy (non-hydrogen) atoms. The molecule has 8 N–H and O–H groups in total. The number of fused-ring (bicyclic) bond motifs is 1. The van der Waals surface area contributed by atoms with Crippen molar-refractivity contribution in [2.24, 2.45) is 0 Å². The third kappa shape index (κ3) is 5.51. The summed E-state index contributed by atoms with van der Waals surface area (Å²) in [5, 5.41) is 21.7. The van der Waals surface area contributed by atoms with Crippen molar-refractivity contribution in [3.63, 3.8) is 0 Å². The summed E-state index contributed by atoms with van der Waals surface area (Å²) in [5.41, 5.74) is 3.52. The Morgan fingerprint density at radius 2 is 1.88 bits per heavy atom. The highest BCUT2D eigenvalue weighted by Gasteiger charge is 2.56. The Hall–Kier alpha value is -1.73. The number of nitrogens with zero attached hydrogens (tertiary/aromatic N) is 3. The summed E-state index contributed by atoms with van der Waals surface area (Å²) in [6, 6.07) is 1.48. The van der Waals surface area contributed by atoms with Crippen molar-refractivity contribution in [2.75, 3.05) is 12.3 Å². The van der Waals surface area contributed by atoms with Gasteiger partial charge in [-0.15, -0.1) is 6.42 Å². The van der Waals surface area contributed by atoms with Crippen LogP contribution in [-0.2, 0) is 31.6 Å². The number of nitrogens with two attached hydrogens (primary N) is 1. The first kappa shape index (κ1) is 25.9. The van der Waals surface area contributed by atoms with Crippen LogP contribution in [0.5, 0.6) is 0 Å². The lowest BCUT2D eigenvalue weighted by atomic mass is 9.95. The zero-order chi connectivity index (χ0) is 24.8. The Kier molecular flexibility index (Phi) is 6.91. The lowest BCUT2D eigenvalue weighted by molar-refractivity contribution is -0.0715. The number of terminal acetylenes is 1. The Labute approximate surface area is 184 Å². The van der Waals surface area contributed by atoms with Gasteiger partial charge in [0.1, 0.15) is 30.0 Å². The normalized spacial score (nSPS) is 29.4. The highest BCUT2D eigenvalue weighted by molar-refractivity contribution is 7.66. The highest BCUT2D eigenvalue weighted by Crippen LogP contribution is 2.66. The van der Waals surface area contributed by atoms with E-state index in [4.69, 9.17) is 26.7 Å². The maximum Gasteiger partial charge on any atom is 0.490 e. The second-order valence-electron chi connectivity index (χ2n) is 6.55. The monoisotopic (exact) mass is 530 g/mol. The van der Waals surface area contributed by atoms with Gasteiger partial charge in [-0.05, 0) is 6.07 Å². The van der Waals surface area contributed by atoms with E-state index < -0.39 is 54.1 Å². The molecule has 6 atom stereocenters. The number of aliphatic hydroxyl groups is 2. The molecule has 17 nitrogen and oxygen atoms in total. The quantitative estimate of drug-likeness (QED) is 0.159. The molecule has 3 rings (SSSR count). The van der Waals surface area contributed by atoms with Gasteiger partial charge in [-0.1, -0.05) is 5.92 Å². The van der Waals surface area contributed by atoms with E-state index in [-0.39, 0.29) is 11.5 Å². The van der Waals surface area contributed by atoms with Crippen molar-refractivity contribution in [3.8, 4) is 12.3 Å². The smallest absolute Gasteiger partial charge is 0.386 e. The van der Waals surface area contributed by atoms with Crippen LogP contribution in [-0.4, -0.2) is 68.7 Å². The second-order valence-corrected chi connectivity index (χ2v) is 11.0. The molecule has 0 aliphatic carbocycles. The van der Waals surface area contributed by atoms with E-state index in [1.54, 1.807) is 0 Å². The minimum atomic E-state index is -5.74. The molecular formula is C13H17N4O13P3. The molecule has 182 valence electrons. The molecule has 2 aromatic rings. The van der Waals surface area contributed by atoms with E-state index in [9.17, 15) is 33.7 Å². The van der Waals surface area contributed by atoms with Crippen LogP contribution >= 0.6 is 23.5 Å². The number of aromatic nitrogens is 3. The maximum atomic E-state index is 11.9. The zero-order valence-electron chi connectivity index (χ0n) is 16.1. The van der Waals surface area contributed by atoms with Gasteiger partial charge in [-0.25, -0.2) is 23.7 Å². The largest absolute Gasteiger partial charge is 0.490 e. The van der Waals surface area contributed by atoms with E-state index in [1.807, 2.05) is 5.92 Å². The number of aliphatic hydroxyl groups excluding tert-OH is 1. The van der Waals surface area contributed by atoms with Crippen LogP contribution in [0.15, 0.2) is 18.6 Å². The van der Waals surface area contributed by atoms with Gasteiger partial charge in [0.25, 0.3) is 0 Å². The number of anilines is 1. The summed E-state index contributed by atoms with van der Waals surface area (Å²) in [5.74, 6) is 2.08. The van der Waals surface area contributed by atoms with Crippen LogP contribution in [0.2, 0.25) is 0 Å². The molecule has 2 aromatic heterocycles. The van der Waals surface area contributed by atoms with Gasteiger partial charge in [-0.3, -0.25) is 4.52 Å². The van der Waals surface area contributed by atoms with E-state index in [2.05, 4.69) is 23.1 Å². The van der Waals surface area contributed by atoms with Gasteiger partial charge >= 0.3 is 23.5 Å². The predicted molar refractivity (Wildman–Crippen MR) is 105 cm³/mol. The molecule has 1 fully saturated rings. The summed E-state index contributed by atoms with van der Waals surface area (Å²) < 4.78 is 52.3. The van der Waals surface area contributed by atoms with Gasteiger partial charge < -0.3 is 44.8 Å². The number of phosphoric acid groups is 3. The van der Waals surface area contributed by atoms with Gasteiger partial charge in [-0.2, -0.15) is 8.62 Å². The molecule has 0 saturated carbocycles. The molecule has 3 unspecified atom stereocenters. The van der Waals surface area contributed by atoms with Crippen molar-refractivity contribution in [1.29, 1.82) is 0 Å². The molecule has 0 bridgehead atoms. The molecule has 1 aliphatic heterocycles. The molecule has 1 aliphatic rings. The molecule has 0 spiro atoms.